The molecule has 2 N–H and O–H groups in total. The van der Waals surface area contributed by atoms with Crippen molar-refractivity contribution in [1.29, 1.82) is 0 Å². The number of nitrogens with zero attached hydrogens (tertiary/aromatic N) is 4. The van der Waals surface area contributed by atoms with Crippen LogP contribution in [0.2, 0.25) is 0 Å². The molecule has 4 rings (SSSR count). The Hall–Kier alpha value is -2.00. The van der Waals surface area contributed by atoms with Gasteiger partial charge in [-0.15, -0.1) is 10.2 Å². The highest BCUT2D eigenvalue weighted by atomic mass is 79.9. The van der Waals surface area contributed by atoms with Crippen LogP contribution in [0.3, 0.4) is 0 Å². The van der Waals surface area contributed by atoms with E-state index in [-0.39, 0.29) is 0 Å². The maximum atomic E-state index is 9.55. The van der Waals surface area contributed by atoms with E-state index in [9.17, 15) is 9.59 Å². The lowest BCUT2D eigenvalue weighted by atomic mass is 10.1. The molecule has 8 nitrogen and oxygen atoms in total. The fraction of sp³-hybridized carbons (Fsp3) is 0.467. The predicted molar refractivity (Wildman–Crippen MR) is 91.0 cm³/mol. The van der Waals surface area contributed by atoms with Crippen molar-refractivity contribution >= 4 is 33.7 Å². The molecule has 0 radical (unpaired) electrons. The van der Waals surface area contributed by atoms with Crippen LogP contribution in [0.5, 0.6) is 0 Å². The standard InChI is InChI=1S/C11H15BrN4.C4H4O4/c12-10-1-2-11(14-13-10)16-8-7-15-5-3-9(16)4-6-15;5-3(6)1-2-4(7)8/h1-2,9H,3-8H2;1-2H,(H,5,6)(H,7,8)/b;2-1+. The molecule has 0 saturated carbocycles. The first-order chi connectivity index (χ1) is 11.5. The topological polar surface area (TPSA) is 107 Å². The molecule has 4 heterocycles. The third kappa shape index (κ3) is 5.57. The third-order valence-corrected chi connectivity index (χ3v) is 4.36. The molecule has 1 aromatic rings. The largest absolute Gasteiger partial charge is 0.478 e. The van der Waals surface area contributed by atoms with Gasteiger partial charge in [0.05, 0.1) is 0 Å². The van der Waals surface area contributed by atoms with E-state index in [1.807, 2.05) is 6.07 Å². The lowest BCUT2D eigenvalue weighted by molar-refractivity contribution is -0.134. The number of halogens is 1. The second-order valence-corrected chi connectivity index (χ2v) is 6.30. The Bertz CT molecular complexity index is 584. The molecule has 0 unspecified atom stereocenters. The summed E-state index contributed by atoms with van der Waals surface area (Å²) in [7, 11) is 0. The number of aromatic nitrogens is 2. The van der Waals surface area contributed by atoms with Crippen LogP contribution in [0.25, 0.3) is 0 Å². The molecule has 130 valence electrons. The molecule has 0 atom stereocenters. The number of aliphatic carboxylic acids is 2. The molecule has 9 heteroatoms. The Kier molecular flexibility index (Phi) is 6.68. The number of piperidine rings is 1. The Balaban J connectivity index is 0.000000224. The van der Waals surface area contributed by atoms with Gasteiger partial charge < -0.3 is 20.0 Å². The van der Waals surface area contributed by atoms with E-state index in [1.54, 1.807) is 0 Å². The van der Waals surface area contributed by atoms with Gasteiger partial charge in [-0.25, -0.2) is 9.59 Å². The summed E-state index contributed by atoms with van der Waals surface area (Å²) in [6.45, 7) is 4.73. The van der Waals surface area contributed by atoms with Gasteiger partial charge in [-0.1, -0.05) is 0 Å². The zero-order valence-electron chi connectivity index (χ0n) is 13.0. The quantitative estimate of drug-likeness (QED) is 0.732. The molecule has 0 aliphatic carbocycles. The first-order valence-electron chi connectivity index (χ1n) is 7.58. The van der Waals surface area contributed by atoms with E-state index in [1.165, 1.54) is 25.9 Å². The summed E-state index contributed by atoms with van der Waals surface area (Å²) in [6.07, 6.45) is 3.64. The zero-order valence-corrected chi connectivity index (χ0v) is 14.6. The Labute approximate surface area is 147 Å². The molecule has 24 heavy (non-hydrogen) atoms. The smallest absolute Gasteiger partial charge is 0.328 e. The Morgan fingerprint density at radius 3 is 2.17 bits per heavy atom. The number of carbonyl (C=O) groups is 2. The second-order valence-electron chi connectivity index (χ2n) is 5.49. The van der Waals surface area contributed by atoms with E-state index < -0.39 is 11.9 Å². The highest BCUT2D eigenvalue weighted by molar-refractivity contribution is 9.10. The van der Waals surface area contributed by atoms with Crippen LogP contribution < -0.4 is 4.90 Å². The highest BCUT2D eigenvalue weighted by Crippen LogP contribution is 2.25. The van der Waals surface area contributed by atoms with Gasteiger partial charge in [-0.3, -0.25) is 0 Å². The normalized spacial score (nSPS) is 22.6. The monoisotopic (exact) mass is 398 g/mol. The van der Waals surface area contributed by atoms with Crippen molar-refractivity contribution in [2.45, 2.75) is 18.9 Å². The fourth-order valence-corrected chi connectivity index (χ4v) is 3.00. The second kappa shape index (κ2) is 8.74. The van der Waals surface area contributed by atoms with Crippen molar-refractivity contribution in [2.24, 2.45) is 0 Å². The molecule has 2 bridgehead atoms. The molecule has 3 aliphatic rings. The van der Waals surface area contributed by atoms with Crippen molar-refractivity contribution in [2.75, 3.05) is 31.1 Å². The van der Waals surface area contributed by atoms with E-state index in [4.69, 9.17) is 10.2 Å². The van der Waals surface area contributed by atoms with Crippen molar-refractivity contribution in [3.05, 3.63) is 28.9 Å². The van der Waals surface area contributed by atoms with Gasteiger partial charge in [0.1, 0.15) is 4.60 Å². The maximum Gasteiger partial charge on any atom is 0.328 e. The molecule has 0 amide bonds. The Morgan fingerprint density at radius 1 is 1.04 bits per heavy atom. The van der Waals surface area contributed by atoms with Crippen LogP contribution in [0.1, 0.15) is 12.8 Å². The van der Waals surface area contributed by atoms with Crippen molar-refractivity contribution in [3.8, 4) is 0 Å². The van der Waals surface area contributed by atoms with Crippen molar-refractivity contribution in [1.82, 2.24) is 15.1 Å². The molecule has 3 aliphatic heterocycles. The lowest BCUT2D eigenvalue weighted by Gasteiger charge is -2.31. The van der Waals surface area contributed by atoms with Gasteiger partial charge in [-0.05, 0) is 40.9 Å². The minimum absolute atomic E-state index is 0.558. The van der Waals surface area contributed by atoms with Gasteiger partial charge in [0, 0.05) is 44.4 Å². The highest BCUT2D eigenvalue weighted by Gasteiger charge is 2.29. The minimum atomic E-state index is -1.26. The van der Waals surface area contributed by atoms with Gasteiger partial charge in [-0.2, -0.15) is 0 Å². The molecule has 3 fully saturated rings. The number of hydrogen-bond acceptors (Lipinski definition) is 6. The molecule has 3 saturated heterocycles. The van der Waals surface area contributed by atoms with Gasteiger partial charge in [0.15, 0.2) is 5.82 Å². The summed E-state index contributed by atoms with van der Waals surface area (Å²) >= 11 is 3.32. The number of carboxylic acids is 2. The van der Waals surface area contributed by atoms with Crippen molar-refractivity contribution in [3.63, 3.8) is 0 Å². The third-order valence-electron chi connectivity index (χ3n) is 3.94. The van der Waals surface area contributed by atoms with E-state index >= 15 is 0 Å². The first kappa shape index (κ1) is 18.3. The van der Waals surface area contributed by atoms with Crippen LogP contribution in [-0.4, -0.2) is 69.5 Å². The lowest BCUT2D eigenvalue weighted by Crippen LogP contribution is -2.38. The van der Waals surface area contributed by atoms with Gasteiger partial charge >= 0.3 is 11.9 Å². The number of rotatable bonds is 3. The minimum Gasteiger partial charge on any atom is -0.478 e. The van der Waals surface area contributed by atoms with E-state index in [0.29, 0.717) is 18.2 Å². The predicted octanol–water partition coefficient (Wildman–Crippen LogP) is 1.24. The summed E-state index contributed by atoms with van der Waals surface area (Å²) in [5.74, 6) is -1.49. The summed E-state index contributed by atoms with van der Waals surface area (Å²) in [4.78, 5) is 24.1. The van der Waals surface area contributed by atoms with E-state index in [2.05, 4.69) is 42.0 Å². The van der Waals surface area contributed by atoms with Crippen LogP contribution in [0.4, 0.5) is 5.82 Å². The molecular formula is C15H19BrN4O4. The molecule has 0 aromatic carbocycles. The average molecular weight is 399 g/mol. The number of fused-ring (bicyclic) bond motifs is 4. The molecule has 1 aromatic heterocycles. The van der Waals surface area contributed by atoms with Gasteiger partial charge in [0.25, 0.3) is 0 Å². The Morgan fingerprint density at radius 2 is 1.67 bits per heavy atom. The van der Waals surface area contributed by atoms with Crippen molar-refractivity contribution < 1.29 is 19.8 Å². The van der Waals surface area contributed by atoms with Crippen LogP contribution in [0.15, 0.2) is 28.9 Å². The van der Waals surface area contributed by atoms with Gasteiger partial charge in [0.2, 0.25) is 0 Å². The van der Waals surface area contributed by atoms with E-state index in [0.717, 1.165) is 23.5 Å². The SMILES string of the molecule is Brc1ccc(N2CCN3CCC2CC3)nn1.O=C(O)/C=C/C(=O)O. The van der Waals surface area contributed by atoms with Crippen LogP contribution >= 0.6 is 15.9 Å². The van der Waals surface area contributed by atoms with Crippen LogP contribution in [0, 0.1) is 0 Å². The molecule has 0 spiro atoms. The fourth-order valence-electron chi connectivity index (χ4n) is 2.79. The maximum absolute atomic E-state index is 9.55. The number of carboxylic acid groups (broad SMARTS) is 2. The summed E-state index contributed by atoms with van der Waals surface area (Å²) < 4.78 is 0.805. The first-order valence-corrected chi connectivity index (χ1v) is 8.37. The summed E-state index contributed by atoms with van der Waals surface area (Å²) in [5, 5.41) is 24.0. The molecular weight excluding hydrogens is 380 g/mol. The zero-order chi connectivity index (χ0) is 17.5. The van der Waals surface area contributed by atoms with Crippen LogP contribution in [-0.2, 0) is 9.59 Å². The summed E-state index contributed by atoms with van der Waals surface area (Å²) in [5.41, 5.74) is 0. The number of hydrogen-bond donors (Lipinski definition) is 2. The average Bonchev–Trinajstić information content (AvgIpc) is 2.88. The summed E-state index contributed by atoms with van der Waals surface area (Å²) in [6, 6.07) is 4.69. The number of anilines is 1.